The lowest BCUT2D eigenvalue weighted by atomic mass is 10.2. The second-order valence-electron chi connectivity index (χ2n) is 4.27. The topological polar surface area (TPSA) is 87.5 Å². The molecule has 0 N–H and O–H groups in total. The summed E-state index contributed by atoms with van der Waals surface area (Å²) < 4.78 is 28.7. The number of benzene rings is 1. The molecule has 1 rings (SSSR count). The van der Waals surface area contributed by atoms with Gasteiger partial charge >= 0.3 is 5.97 Å². The summed E-state index contributed by atoms with van der Waals surface area (Å²) in [7, 11) is -0.560. The number of hydrogen-bond donors (Lipinski definition) is 0. The third kappa shape index (κ3) is 4.64. The number of nitrogens with zero attached hydrogens (tertiary/aromatic N) is 2. The van der Waals surface area contributed by atoms with Gasteiger partial charge in [0.2, 0.25) is 0 Å². The Bertz CT molecular complexity index is 620. The average Bonchev–Trinajstić information content (AvgIpc) is 2.45. The van der Waals surface area contributed by atoms with E-state index in [2.05, 4.69) is 4.74 Å². The molecular weight excluding hydrogens is 280 g/mol. The first-order chi connectivity index (χ1) is 9.39. The van der Waals surface area contributed by atoms with Crippen molar-refractivity contribution in [2.24, 2.45) is 0 Å². The van der Waals surface area contributed by atoms with Crippen molar-refractivity contribution >= 4 is 15.8 Å². The van der Waals surface area contributed by atoms with E-state index >= 15 is 0 Å². The van der Waals surface area contributed by atoms with Gasteiger partial charge in [0.15, 0.2) is 9.84 Å². The van der Waals surface area contributed by atoms with Crippen LogP contribution in [0.2, 0.25) is 0 Å². The van der Waals surface area contributed by atoms with Crippen LogP contribution in [0.25, 0.3) is 0 Å². The van der Waals surface area contributed by atoms with E-state index in [-0.39, 0.29) is 23.7 Å². The Labute approximate surface area is 118 Å². The average molecular weight is 296 g/mol. The number of hydrogen-bond acceptors (Lipinski definition) is 6. The van der Waals surface area contributed by atoms with Crippen LogP contribution in [0.1, 0.15) is 5.56 Å². The third-order valence-electron chi connectivity index (χ3n) is 2.69. The number of sulfone groups is 1. The van der Waals surface area contributed by atoms with Gasteiger partial charge in [-0.2, -0.15) is 5.26 Å². The molecule has 0 atom stereocenters. The molecule has 0 fully saturated rings. The molecule has 0 unspecified atom stereocenters. The van der Waals surface area contributed by atoms with Gasteiger partial charge in [0, 0.05) is 6.54 Å². The van der Waals surface area contributed by atoms with E-state index in [1.165, 1.54) is 25.3 Å². The highest BCUT2D eigenvalue weighted by atomic mass is 32.2. The number of methoxy groups -OCH3 is 1. The van der Waals surface area contributed by atoms with Crippen LogP contribution < -0.4 is 0 Å². The van der Waals surface area contributed by atoms with Crippen LogP contribution in [-0.4, -0.2) is 52.3 Å². The van der Waals surface area contributed by atoms with E-state index in [9.17, 15) is 13.2 Å². The lowest BCUT2D eigenvalue weighted by molar-refractivity contribution is -0.141. The molecule has 0 bridgehead atoms. The van der Waals surface area contributed by atoms with E-state index < -0.39 is 15.8 Å². The van der Waals surface area contributed by atoms with Crippen molar-refractivity contribution in [3.8, 4) is 6.07 Å². The van der Waals surface area contributed by atoms with E-state index in [4.69, 9.17) is 5.26 Å². The maximum atomic E-state index is 12.1. The molecule has 0 heterocycles. The highest BCUT2D eigenvalue weighted by Crippen LogP contribution is 2.13. The Kier molecular flexibility index (Phi) is 5.67. The Morgan fingerprint density at radius 1 is 1.45 bits per heavy atom. The van der Waals surface area contributed by atoms with E-state index in [1.54, 1.807) is 18.0 Å². The van der Waals surface area contributed by atoms with Gasteiger partial charge in [-0.05, 0) is 25.2 Å². The standard InChI is InChI=1S/C13H16N2O4S/c1-15(10-13(16)19-2)6-7-20(17,18)12-5-3-4-11(8-12)9-14/h3-5,8H,6-7,10H2,1-2H3. The Morgan fingerprint density at radius 3 is 2.75 bits per heavy atom. The molecule has 0 radical (unpaired) electrons. The van der Waals surface area contributed by atoms with Gasteiger partial charge in [-0.3, -0.25) is 9.69 Å². The first kappa shape index (κ1) is 16.1. The number of rotatable bonds is 6. The molecule has 0 aliphatic rings. The lowest BCUT2D eigenvalue weighted by Gasteiger charge is -2.14. The molecule has 0 aromatic heterocycles. The van der Waals surface area contributed by atoms with E-state index in [0.717, 1.165) is 0 Å². The second-order valence-corrected chi connectivity index (χ2v) is 6.38. The molecule has 6 nitrogen and oxygen atoms in total. The van der Waals surface area contributed by atoms with Gasteiger partial charge in [-0.1, -0.05) is 6.07 Å². The monoisotopic (exact) mass is 296 g/mol. The van der Waals surface area contributed by atoms with Crippen molar-refractivity contribution in [3.05, 3.63) is 29.8 Å². The van der Waals surface area contributed by atoms with Crippen molar-refractivity contribution in [1.82, 2.24) is 4.90 Å². The summed E-state index contributed by atoms with van der Waals surface area (Å²) in [6.07, 6.45) is 0. The Morgan fingerprint density at radius 2 is 2.15 bits per heavy atom. The van der Waals surface area contributed by atoms with Gasteiger partial charge < -0.3 is 4.74 Å². The number of carbonyl (C=O) groups excluding carboxylic acids is 1. The van der Waals surface area contributed by atoms with Crippen LogP contribution in [0, 0.1) is 11.3 Å². The Balaban J connectivity index is 2.71. The molecule has 1 aromatic carbocycles. The number of esters is 1. The zero-order valence-electron chi connectivity index (χ0n) is 11.4. The minimum absolute atomic E-state index is 0.0320. The zero-order chi connectivity index (χ0) is 15.2. The summed E-state index contributed by atoms with van der Waals surface area (Å²) >= 11 is 0. The predicted molar refractivity (Wildman–Crippen MR) is 72.7 cm³/mol. The molecule has 20 heavy (non-hydrogen) atoms. The van der Waals surface area contributed by atoms with Crippen LogP contribution in [0.15, 0.2) is 29.2 Å². The summed E-state index contributed by atoms with van der Waals surface area (Å²) in [4.78, 5) is 12.7. The third-order valence-corrected chi connectivity index (χ3v) is 4.38. The quantitative estimate of drug-likeness (QED) is 0.708. The van der Waals surface area contributed by atoms with Gasteiger partial charge in [0.1, 0.15) is 0 Å². The van der Waals surface area contributed by atoms with Crippen molar-refractivity contribution < 1.29 is 17.9 Å². The number of ether oxygens (including phenoxy) is 1. The minimum atomic E-state index is -3.48. The fraction of sp³-hybridized carbons (Fsp3) is 0.385. The van der Waals surface area contributed by atoms with E-state index in [1.807, 2.05) is 6.07 Å². The zero-order valence-corrected chi connectivity index (χ0v) is 12.2. The molecule has 0 aliphatic carbocycles. The molecule has 0 saturated carbocycles. The smallest absolute Gasteiger partial charge is 0.319 e. The van der Waals surface area contributed by atoms with Gasteiger partial charge in [0.25, 0.3) is 0 Å². The molecule has 108 valence electrons. The van der Waals surface area contributed by atoms with Crippen LogP contribution in [0.3, 0.4) is 0 Å². The van der Waals surface area contributed by atoms with Gasteiger partial charge in [-0.15, -0.1) is 0 Å². The highest BCUT2D eigenvalue weighted by molar-refractivity contribution is 7.91. The van der Waals surface area contributed by atoms with E-state index in [0.29, 0.717) is 5.56 Å². The number of nitriles is 1. The normalized spacial score (nSPS) is 11.1. The molecule has 0 aliphatic heterocycles. The van der Waals surface area contributed by atoms with Crippen molar-refractivity contribution in [1.29, 1.82) is 5.26 Å². The van der Waals surface area contributed by atoms with Gasteiger partial charge in [-0.25, -0.2) is 8.42 Å². The first-order valence-electron chi connectivity index (χ1n) is 5.87. The van der Waals surface area contributed by atoms with Crippen molar-refractivity contribution in [3.63, 3.8) is 0 Å². The maximum Gasteiger partial charge on any atom is 0.319 e. The molecule has 7 heteroatoms. The summed E-state index contributed by atoms with van der Waals surface area (Å²) in [5.74, 6) is -0.550. The van der Waals surface area contributed by atoms with Crippen LogP contribution >= 0.6 is 0 Å². The molecule has 0 amide bonds. The lowest BCUT2D eigenvalue weighted by Crippen LogP contribution is -2.31. The van der Waals surface area contributed by atoms with Crippen LogP contribution in [-0.2, 0) is 19.4 Å². The fourth-order valence-corrected chi connectivity index (χ4v) is 2.90. The molecule has 0 spiro atoms. The first-order valence-corrected chi connectivity index (χ1v) is 7.52. The van der Waals surface area contributed by atoms with Crippen LogP contribution in [0.5, 0.6) is 0 Å². The predicted octanol–water partition coefficient (Wildman–Crippen LogP) is 0.437. The summed E-state index contributed by atoms with van der Waals surface area (Å²) in [5.41, 5.74) is 0.300. The number of carbonyl (C=O) groups is 1. The summed E-state index contributed by atoms with van der Waals surface area (Å²) in [6, 6.07) is 7.78. The largest absolute Gasteiger partial charge is 0.468 e. The number of likely N-dealkylation sites (N-methyl/N-ethyl adjacent to an activating group) is 1. The highest BCUT2D eigenvalue weighted by Gasteiger charge is 2.16. The van der Waals surface area contributed by atoms with Crippen LogP contribution in [0.4, 0.5) is 0 Å². The molecule has 1 aromatic rings. The van der Waals surface area contributed by atoms with Crippen molar-refractivity contribution in [2.45, 2.75) is 4.90 Å². The molecule has 0 saturated heterocycles. The SMILES string of the molecule is COC(=O)CN(C)CCS(=O)(=O)c1cccc(C#N)c1. The maximum absolute atomic E-state index is 12.1. The molecular formula is C13H16N2O4S. The summed E-state index contributed by atoms with van der Waals surface area (Å²) in [6.45, 7) is 0.235. The fourth-order valence-electron chi connectivity index (χ4n) is 1.52. The van der Waals surface area contributed by atoms with Crippen molar-refractivity contribution in [2.75, 3.05) is 33.0 Å². The van der Waals surface area contributed by atoms with Gasteiger partial charge in [0.05, 0.1) is 35.9 Å². The minimum Gasteiger partial charge on any atom is -0.468 e. The second kappa shape index (κ2) is 7.03. The Hall–Kier alpha value is -1.91. The summed E-state index contributed by atoms with van der Waals surface area (Å²) in [5, 5.41) is 8.77.